The van der Waals surface area contributed by atoms with Gasteiger partial charge in [-0.25, -0.2) is 9.97 Å². The summed E-state index contributed by atoms with van der Waals surface area (Å²) in [6, 6.07) is 1.78. The van der Waals surface area contributed by atoms with E-state index in [0.29, 0.717) is 17.5 Å². The Bertz CT molecular complexity index is 511. The van der Waals surface area contributed by atoms with Gasteiger partial charge in [-0.2, -0.15) is 0 Å². The molecular weight excluding hydrogens is 324 g/mol. The molecule has 0 N–H and O–H groups in total. The Kier molecular flexibility index (Phi) is 6.86. The first kappa shape index (κ1) is 17.6. The summed E-state index contributed by atoms with van der Waals surface area (Å²) >= 11 is 1.40. The summed E-state index contributed by atoms with van der Waals surface area (Å²) in [7, 11) is 0. The highest BCUT2D eigenvalue weighted by Gasteiger charge is 2.25. The smallest absolute Gasteiger partial charge is 0.233 e. The second-order valence-electron chi connectivity index (χ2n) is 6.37. The lowest BCUT2D eigenvalue weighted by Crippen LogP contribution is -2.44. The molecule has 1 amide bonds. The Balaban J connectivity index is 1.49. The van der Waals surface area contributed by atoms with Crippen LogP contribution in [0.4, 0.5) is 0 Å². The van der Waals surface area contributed by atoms with Gasteiger partial charge in [-0.05, 0) is 38.4 Å². The van der Waals surface area contributed by atoms with E-state index in [-0.39, 0.29) is 12.0 Å². The van der Waals surface area contributed by atoms with Crippen molar-refractivity contribution < 1.29 is 9.53 Å². The van der Waals surface area contributed by atoms with Gasteiger partial charge in [0.15, 0.2) is 5.16 Å². The molecule has 1 aromatic rings. The van der Waals surface area contributed by atoms with E-state index in [9.17, 15) is 4.79 Å². The van der Waals surface area contributed by atoms with Crippen molar-refractivity contribution in [3.05, 3.63) is 18.5 Å². The van der Waals surface area contributed by atoms with Crippen LogP contribution in [0.25, 0.3) is 0 Å². The fourth-order valence-electron chi connectivity index (χ4n) is 3.24. The van der Waals surface area contributed by atoms with Gasteiger partial charge in [0.1, 0.15) is 0 Å². The highest BCUT2D eigenvalue weighted by molar-refractivity contribution is 7.99. The van der Waals surface area contributed by atoms with Crippen LogP contribution in [0.3, 0.4) is 0 Å². The molecule has 0 spiro atoms. The van der Waals surface area contributed by atoms with Gasteiger partial charge in [-0.3, -0.25) is 4.79 Å². The molecule has 2 aliphatic rings. The number of ether oxygens (including phenoxy) is 1. The molecule has 3 rings (SSSR count). The SMILES string of the molecule is O=C(CSc1ncccn1)N1CCCO[C@@H](CN2CCCCC2)C1. The highest BCUT2D eigenvalue weighted by atomic mass is 32.2. The summed E-state index contributed by atoms with van der Waals surface area (Å²) in [6.45, 7) is 5.50. The first-order chi connectivity index (χ1) is 11.8. The summed E-state index contributed by atoms with van der Waals surface area (Å²) in [5.74, 6) is 0.544. The molecule has 0 aliphatic carbocycles. The van der Waals surface area contributed by atoms with Crippen LogP contribution in [0.1, 0.15) is 25.7 Å². The first-order valence-corrected chi connectivity index (χ1v) is 9.81. The summed E-state index contributed by atoms with van der Waals surface area (Å²) in [5.41, 5.74) is 0. The van der Waals surface area contributed by atoms with Crippen molar-refractivity contribution in [2.75, 3.05) is 45.1 Å². The predicted molar refractivity (Wildman–Crippen MR) is 94.0 cm³/mol. The Morgan fingerprint density at radius 3 is 2.75 bits per heavy atom. The number of amides is 1. The van der Waals surface area contributed by atoms with Gasteiger partial charge in [0, 0.05) is 38.6 Å². The van der Waals surface area contributed by atoms with E-state index in [2.05, 4.69) is 14.9 Å². The van der Waals surface area contributed by atoms with Crippen LogP contribution in [0.2, 0.25) is 0 Å². The molecule has 0 unspecified atom stereocenters. The van der Waals surface area contributed by atoms with Crippen LogP contribution in [-0.4, -0.2) is 76.9 Å². The van der Waals surface area contributed by atoms with Crippen molar-refractivity contribution in [2.24, 2.45) is 0 Å². The number of nitrogens with zero attached hydrogens (tertiary/aromatic N) is 4. The van der Waals surface area contributed by atoms with E-state index >= 15 is 0 Å². The molecular formula is C17H26N4O2S. The molecule has 0 aromatic carbocycles. The molecule has 7 heteroatoms. The number of carbonyl (C=O) groups is 1. The predicted octanol–water partition coefficient (Wildman–Crippen LogP) is 1.67. The van der Waals surface area contributed by atoms with E-state index in [4.69, 9.17) is 4.74 Å². The topological polar surface area (TPSA) is 58.6 Å². The standard InChI is InChI=1S/C17H26N4O2S/c22-16(14-24-17-18-6-4-7-19-17)21-10-5-11-23-15(13-21)12-20-8-2-1-3-9-20/h4,6-7,15H,1-3,5,8-14H2/t15-/m0/s1. The summed E-state index contributed by atoms with van der Waals surface area (Å²) in [4.78, 5) is 25.3. The lowest BCUT2D eigenvalue weighted by molar-refractivity contribution is -0.129. The number of carbonyl (C=O) groups excluding carboxylic acids is 1. The Hall–Kier alpha value is -1.18. The quantitative estimate of drug-likeness (QED) is 0.595. The maximum Gasteiger partial charge on any atom is 0.233 e. The van der Waals surface area contributed by atoms with Gasteiger partial charge < -0.3 is 14.5 Å². The van der Waals surface area contributed by atoms with Crippen LogP contribution in [-0.2, 0) is 9.53 Å². The average molecular weight is 350 g/mol. The molecule has 0 saturated carbocycles. The van der Waals surface area contributed by atoms with Gasteiger partial charge in [0.2, 0.25) is 5.91 Å². The number of hydrogen-bond acceptors (Lipinski definition) is 6. The van der Waals surface area contributed by atoms with E-state index in [1.54, 1.807) is 18.5 Å². The maximum absolute atomic E-state index is 12.5. The van der Waals surface area contributed by atoms with E-state index in [0.717, 1.165) is 39.2 Å². The number of hydrogen-bond donors (Lipinski definition) is 0. The normalized spacial score (nSPS) is 23.0. The van der Waals surface area contributed by atoms with E-state index < -0.39 is 0 Å². The number of piperidine rings is 1. The van der Waals surface area contributed by atoms with Crippen LogP contribution >= 0.6 is 11.8 Å². The van der Waals surface area contributed by atoms with E-state index in [1.165, 1.54) is 31.0 Å². The molecule has 132 valence electrons. The number of rotatable bonds is 5. The van der Waals surface area contributed by atoms with Crippen LogP contribution < -0.4 is 0 Å². The van der Waals surface area contributed by atoms with E-state index in [1.807, 2.05) is 4.90 Å². The third-order valence-electron chi connectivity index (χ3n) is 4.48. The summed E-state index contributed by atoms with van der Waals surface area (Å²) < 4.78 is 5.98. The highest BCUT2D eigenvalue weighted by Crippen LogP contribution is 2.16. The van der Waals surface area contributed by atoms with Crippen molar-refractivity contribution in [1.29, 1.82) is 0 Å². The van der Waals surface area contributed by atoms with Crippen LogP contribution in [0.15, 0.2) is 23.6 Å². The lowest BCUT2D eigenvalue weighted by atomic mass is 10.1. The van der Waals surface area contributed by atoms with Gasteiger partial charge in [-0.1, -0.05) is 18.2 Å². The van der Waals surface area contributed by atoms with Crippen molar-refractivity contribution in [3.8, 4) is 0 Å². The Morgan fingerprint density at radius 2 is 1.96 bits per heavy atom. The van der Waals surface area contributed by atoms with Gasteiger partial charge in [0.05, 0.1) is 11.9 Å². The summed E-state index contributed by atoms with van der Waals surface area (Å²) in [6.07, 6.45) is 8.35. The van der Waals surface area contributed by atoms with Gasteiger partial charge >= 0.3 is 0 Å². The lowest BCUT2D eigenvalue weighted by Gasteiger charge is -2.31. The van der Waals surface area contributed by atoms with Gasteiger partial charge in [0.25, 0.3) is 0 Å². The third kappa shape index (κ3) is 5.43. The fraction of sp³-hybridized carbons (Fsp3) is 0.706. The van der Waals surface area contributed by atoms with Crippen molar-refractivity contribution in [1.82, 2.24) is 19.8 Å². The maximum atomic E-state index is 12.5. The van der Waals surface area contributed by atoms with Crippen molar-refractivity contribution in [3.63, 3.8) is 0 Å². The first-order valence-electron chi connectivity index (χ1n) is 8.83. The average Bonchev–Trinajstić information content (AvgIpc) is 2.87. The minimum atomic E-state index is 0.132. The molecule has 1 atom stereocenters. The van der Waals surface area contributed by atoms with Gasteiger partial charge in [-0.15, -0.1) is 0 Å². The molecule has 3 heterocycles. The number of likely N-dealkylation sites (tertiary alicyclic amines) is 1. The minimum Gasteiger partial charge on any atom is -0.375 e. The van der Waals surface area contributed by atoms with Crippen molar-refractivity contribution >= 4 is 17.7 Å². The Labute approximate surface area is 148 Å². The molecule has 2 aliphatic heterocycles. The monoisotopic (exact) mass is 350 g/mol. The Morgan fingerprint density at radius 1 is 1.17 bits per heavy atom. The zero-order valence-electron chi connectivity index (χ0n) is 14.1. The second kappa shape index (κ2) is 9.34. The zero-order valence-corrected chi connectivity index (χ0v) is 14.9. The molecule has 0 radical (unpaired) electrons. The minimum absolute atomic E-state index is 0.132. The number of aromatic nitrogens is 2. The van der Waals surface area contributed by atoms with Crippen LogP contribution in [0, 0.1) is 0 Å². The molecule has 1 aromatic heterocycles. The fourth-order valence-corrected chi connectivity index (χ4v) is 3.95. The zero-order chi connectivity index (χ0) is 16.6. The summed E-state index contributed by atoms with van der Waals surface area (Å²) in [5, 5.41) is 0.654. The molecule has 24 heavy (non-hydrogen) atoms. The largest absolute Gasteiger partial charge is 0.375 e. The number of thioether (sulfide) groups is 1. The van der Waals surface area contributed by atoms with Crippen molar-refractivity contribution in [2.45, 2.75) is 36.9 Å². The second-order valence-corrected chi connectivity index (χ2v) is 7.31. The molecule has 2 saturated heterocycles. The molecule has 2 fully saturated rings. The molecule has 6 nitrogen and oxygen atoms in total. The third-order valence-corrected chi connectivity index (χ3v) is 5.34. The molecule has 0 bridgehead atoms. The van der Waals surface area contributed by atoms with Crippen LogP contribution in [0.5, 0.6) is 0 Å².